The fourth-order valence-corrected chi connectivity index (χ4v) is 2.80. The molecule has 1 aromatic carbocycles. The predicted molar refractivity (Wildman–Crippen MR) is 101 cm³/mol. The van der Waals surface area contributed by atoms with E-state index in [1.807, 2.05) is 0 Å². The molecule has 1 heterocycles. The third-order valence-electron chi connectivity index (χ3n) is 3.45. The van der Waals surface area contributed by atoms with Gasteiger partial charge in [-0.1, -0.05) is 19.8 Å². The van der Waals surface area contributed by atoms with Crippen LogP contribution >= 0.6 is 0 Å². The van der Waals surface area contributed by atoms with Crippen LogP contribution in [0.4, 0.5) is 5.69 Å². The Morgan fingerprint density at radius 1 is 1.15 bits per heavy atom. The molecule has 0 saturated carbocycles. The third-order valence-corrected chi connectivity index (χ3v) is 4.06. The Kier molecular flexibility index (Phi) is 6.97. The summed E-state index contributed by atoms with van der Waals surface area (Å²) < 4.78 is 30.5. The van der Waals surface area contributed by atoms with Crippen LogP contribution in [-0.2, 0) is 10.0 Å². The molecule has 0 aliphatic heterocycles. The van der Waals surface area contributed by atoms with Crippen molar-refractivity contribution < 1.29 is 17.9 Å². The molecular formula is C18H23N3O4S. The molecule has 2 aromatic rings. The molecule has 0 bridgehead atoms. The number of rotatable bonds is 9. The average Bonchev–Trinajstić information content (AvgIpc) is 2.59. The number of hydrogen-bond acceptors (Lipinski definition) is 5. The molecule has 0 atom stereocenters. The molecule has 0 aliphatic rings. The van der Waals surface area contributed by atoms with E-state index in [4.69, 9.17) is 4.74 Å². The van der Waals surface area contributed by atoms with Crippen molar-refractivity contribution in [3.63, 3.8) is 0 Å². The van der Waals surface area contributed by atoms with E-state index in [2.05, 4.69) is 21.9 Å². The van der Waals surface area contributed by atoms with Crippen LogP contribution in [0.1, 0.15) is 36.5 Å². The van der Waals surface area contributed by atoms with Gasteiger partial charge in [-0.15, -0.1) is 0 Å². The fraction of sp³-hybridized carbons (Fsp3) is 0.333. The standard InChI is InChI=1S/C18H23N3O4S/c1-3-4-5-12-19-17(22)16-7-6-13-20-18(16)25-15-10-8-14(9-11-15)21-26(2,23)24/h6-11,13,21H,3-5,12H2,1-2H3,(H,19,22). The molecule has 26 heavy (non-hydrogen) atoms. The number of anilines is 1. The van der Waals surface area contributed by atoms with Crippen LogP contribution in [0.3, 0.4) is 0 Å². The summed E-state index contributed by atoms with van der Waals surface area (Å²) in [5, 5.41) is 2.86. The van der Waals surface area contributed by atoms with E-state index in [-0.39, 0.29) is 11.8 Å². The largest absolute Gasteiger partial charge is 0.438 e. The highest BCUT2D eigenvalue weighted by Gasteiger charge is 2.14. The number of aromatic nitrogens is 1. The molecule has 0 radical (unpaired) electrons. The van der Waals surface area contributed by atoms with E-state index in [0.717, 1.165) is 25.5 Å². The first-order chi connectivity index (χ1) is 12.4. The van der Waals surface area contributed by atoms with Gasteiger partial charge in [0.15, 0.2) is 0 Å². The lowest BCUT2D eigenvalue weighted by Crippen LogP contribution is -2.25. The normalized spacial score (nSPS) is 11.0. The summed E-state index contributed by atoms with van der Waals surface area (Å²) in [5.41, 5.74) is 0.775. The lowest BCUT2D eigenvalue weighted by atomic mass is 10.2. The molecule has 7 nitrogen and oxygen atoms in total. The van der Waals surface area contributed by atoms with Gasteiger partial charge >= 0.3 is 0 Å². The van der Waals surface area contributed by atoms with E-state index in [1.165, 1.54) is 0 Å². The fourth-order valence-electron chi connectivity index (χ4n) is 2.23. The minimum Gasteiger partial charge on any atom is -0.438 e. The second-order valence-corrected chi connectivity index (χ2v) is 7.57. The van der Waals surface area contributed by atoms with Gasteiger partial charge < -0.3 is 10.1 Å². The molecule has 140 valence electrons. The zero-order valence-electron chi connectivity index (χ0n) is 14.9. The van der Waals surface area contributed by atoms with Crippen molar-refractivity contribution in [2.45, 2.75) is 26.2 Å². The van der Waals surface area contributed by atoms with E-state index in [0.29, 0.717) is 23.5 Å². The quantitative estimate of drug-likeness (QED) is 0.654. The minimum absolute atomic E-state index is 0.198. The van der Waals surface area contributed by atoms with Gasteiger partial charge in [0.25, 0.3) is 5.91 Å². The van der Waals surface area contributed by atoms with Crippen molar-refractivity contribution in [1.82, 2.24) is 10.3 Å². The highest BCUT2D eigenvalue weighted by atomic mass is 32.2. The number of benzene rings is 1. The molecule has 2 N–H and O–H groups in total. The van der Waals surface area contributed by atoms with Gasteiger partial charge in [-0.3, -0.25) is 9.52 Å². The highest BCUT2D eigenvalue weighted by molar-refractivity contribution is 7.92. The second kappa shape index (κ2) is 9.19. The van der Waals surface area contributed by atoms with Gasteiger partial charge in [0.05, 0.1) is 6.26 Å². The Hall–Kier alpha value is -2.61. The van der Waals surface area contributed by atoms with Gasteiger partial charge in [0, 0.05) is 18.4 Å². The zero-order chi connectivity index (χ0) is 19.0. The lowest BCUT2D eigenvalue weighted by Gasteiger charge is -2.11. The number of hydrogen-bond donors (Lipinski definition) is 2. The highest BCUT2D eigenvalue weighted by Crippen LogP contribution is 2.24. The number of amides is 1. The summed E-state index contributed by atoms with van der Waals surface area (Å²) >= 11 is 0. The number of ether oxygens (including phenoxy) is 1. The van der Waals surface area contributed by atoms with Gasteiger partial charge in [0.1, 0.15) is 11.3 Å². The Morgan fingerprint density at radius 2 is 1.88 bits per heavy atom. The smallest absolute Gasteiger partial charge is 0.256 e. The summed E-state index contributed by atoms with van der Waals surface area (Å²) in [4.78, 5) is 16.4. The van der Waals surface area contributed by atoms with E-state index in [9.17, 15) is 13.2 Å². The molecule has 8 heteroatoms. The molecule has 1 aromatic heterocycles. The number of carbonyl (C=O) groups is 1. The number of nitrogens with one attached hydrogen (secondary N) is 2. The molecule has 0 fully saturated rings. The number of unbranched alkanes of at least 4 members (excludes halogenated alkanes) is 2. The van der Waals surface area contributed by atoms with Crippen LogP contribution in [0, 0.1) is 0 Å². The molecular weight excluding hydrogens is 354 g/mol. The van der Waals surface area contributed by atoms with Crippen LogP contribution in [0.25, 0.3) is 0 Å². The SMILES string of the molecule is CCCCCNC(=O)c1cccnc1Oc1ccc(NS(C)(=O)=O)cc1. The second-order valence-electron chi connectivity index (χ2n) is 5.82. The molecule has 0 unspecified atom stereocenters. The first-order valence-corrected chi connectivity index (χ1v) is 10.3. The first kappa shape index (κ1) is 19.7. The van der Waals surface area contributed by atoms with Crippen LogP contribution in [0.5, 0.6) is 11.6 Å². The Morgan fingerprint density at radius 3 is 2.54 bits per heavy atom. The molecule has 2 rings (SSSR count). The summed E-state index contributed by atoms with van der Waals surface area (Å²) in [6, 6.07) is 9.67. The monoisotopic (exact) mass is 377 g/mol. The summed E-state index contributed by atoms with van der Waals surface area (Å²) in [6.07, 6.45) is 5.69. The maximum Gasteiger partial charge on any atom is 0.256 e. The van der Waals surface area contributed by atoms with E-state index < -0.39 is 10.0 Å². The van der Waals surface area contributed by atoms with Gasteiger partial charge in [-0.25, -0.2) is 13.4 Å². The summed E-state index contributed by atoms with van der Waals surface area (Å²) in [5.74, 6) is 0.409. The number of carbonyl (C=O) groups excluding carboxylic acids is 1. The minimum atomic E-state index is -3.34. The van der Waals surface area contributed by atoms with Crippen LogP contribution in [0.2, 0.25) is 0 Å². The van der Waals surface area contributed by atoms with Gasteiger partial charge in [-0.2, -0.15) is 0 Å². The first-order valence-electron chi connectivity index (χ1n) is 8.38. The van der Waals surface area contributed by atoms with Crippen LogP contribution in [0.15, 0.2) is 42.6 Å². The number of sulfonamides is 1. The Balaban J connectivity index is 2.06. The maximum atomic E-state index is 12.3. The number of nitrogens with zero attached hydrogens (tertiary/aromatic N) is 1. The van der Waals surface area contributed by atoms with Crippen molar-refractivity contribution in [3.8, 4) is 11.6 Å². The molecule has 0 saturated heterocycles. The van der Waals surface area contributed by atoms with Crippen LogP contribution in [-0.4, -0.2) is 32.1 Å². The molecule has 0 aliphatic carbocycles. The Labute approximate surface area is 153 Å². The van der Waals surface area contributed by atoms with Gasteiger partial charge in [-0.05, 0) is 42.8 Å². The maximum absolute atomic E-state index is 12.3. The topological polar surface area (TPSA) is 97.4 Å². The Bertz CT molecular complexity index is 836. The zero-order valence-corrected chi connectivity index (χ0v) is 15.7. The van der Waals surface area contributed by atoms with Crippen molar-refractivity contribution in [1.29, 1.82) is 0 Å². The van der Waals surface area contributed by atoms with E-state index in [1.54, 1.807) is 42.6 Å². The third kappa shape index (κ3) is 6.36. The molecule has 0 spiro atoms. The number of pyridine rings is 1. The van der Waals surface area contributed by atoms with Crippen molar-refractivity contribution in [2.24, 2.45) is 0 Å². The van der Waals surface area contributed by atoms with Crippen molar-refractivity contribution in [2.75, 3.05) is 17.5 Å². The summed E-state index contributed by atoms with van der Waals surface area (Å²) in [6.45, 7) is 2.71. The van der Waals surface area contributed by atoms with Crippen molar-refractivity contribution >= 4 is 21.6 Å². The molecule has 1 amide bonds. The van der Waals surface area contributed by atoms with Crippen molar-refractivity contribution in [3.05, 3.63) is 48.2 Å². The van der Waals surface area contributed by atoms with E-state index >= 15 is 0 Å². The summed E-state index contributed by atoms with van der Waals surface area (Å²) in [7, 11) is -3.34. The van der Waals surface area contributed by atoms with Crippen LogP contribution < -0.4 is 14.8 Å². The predicted octanol–water partition coefficient (Wildman–Crippen LogP) is 3.17. The lowest BCUT2D eigenvalue weighted by molar-refractivity contribution is 0.0950. The van der Waals surface area contributed by atoms with Gasteiger partial charge in [0.2, 0.25) is 15.9 Å². The average molecular weight is 377 g/mol.